The molecule has 0 aliphatic carbocycles. The van der Waals surface area contributed by atoms with E-state index < -0.39 is 11.7 Å². The van der Waals surface area contributed by atoms with E-state index in [4.69, 9.17) is 24.4 Å². The lowest BCUT2D eigenvalue weighted by Crippen LogP contribution is -2.24. The molecule has 0 saturated heterocycles. The van der Waals surface area contributed by atoms with Crippen LogP contribution in [0.3, 0.4) is 0 Å². The third kappa shape index (κ3) is 7.41. The van der Waals surface area contributed by atoms with Crippen molar-refractivity contribution >= 4 is 21.9 Å². The highest BCUT2D eigenvalue weighted by molar-refractivity contribution is 6.13. The smallest absolute Gasteiger partial charge is 0.416 e. The van der Waals surface area contributed by atoms with E-state index in [1.165, 1.54) is 12.1 Å². The summed E-state index contributed by atoms with van der Waals surface area (Å²) < 4.78 is 46.9. The van der Waals surface area contributed by atoms with Crippen LogP contribution in [0.1, 0.15) is 115 Å². The van der Waals surface area contributed by atoms with E-state index in [1.807, 2.05) is 36.5 Å². The number of fused-ring (bicyclic) bond motifs is 3. The fraction of sp³-hybridized carbons (Fsp3) is 0.312. The van der Waals surface area contributed by atoms with E-state index in [0.29, 0.717) is 39.4 Å². The first-order chi connectivity index (χ1) is 26.8. The molecule has 0 aliphatic rings. The Labute approximate surface area is 331 Å². The van der Waals surface area contributed by atoms with Crippen molar-refractivity contribution in [2.24, 2.45) is 0 Å². The number of pyridine rings is 1. The van der Waals surface area contributed by atoms with Crippen LogP contribution in [0.4, 0.5) is 13.2 Å². The zero-order valence-electron chi connectivity index (χ0n) is 34.0. The van der Waals surface area contributed by atoms with Crippen molar-refractivity contribution in [1.82, 2.24) is 19.9 Å². The fourth-order valence-corrected chi connectivity index (χ4v) is 7.24. The number of hydrogen-bond acceptors (Lipinski definition) is 6. The van der Waals surface area contributed by atoms with Gasteiger partial charge in [0.15, 0.2) is 5.82 Å². The van der Waals surface area contributed by atoms with Crippen LogP contribution in [0.25, 0.3) is 66.8 Å². The van der Waals surface area contributed by atoms with Gasteiger partial charge >= 0.3 is 6.18 Å². The number of rotatable bonds is 6. The van der Waals surface area contributed by atoms with Crippen molar-refractivity contribution in [1.29, 1.82) is 5.26 Å². The van der Waals surface area contributed by atoms with Gasteiger partial charge in [-0.25, -0.2) is 15.0 Å². The Bertz CT molecular complexity index is 2640. The van der Waals surface area contributed by atoms with Crippen LogP contribution in [0.2, 0.25) is 0 Å². The predicted molar refractivity (Wildman–Crippen MR) is 222 cm³/mol. The maximum absolute atomic E-state index is 13.4. The third-order valence-electron chi connectivity index (χ3n) is 10.3. The molecule has 7 rings (SSSR count). The van der Waals surface area contributed by atoms with Crippen LogP contribution in [-0.2, 0) is 17.0 Å². The lowest BCUT2D eigenvalue weighted by molar-refractivity contribution is -0.137. The zero-order chi connectivity index (χ0) is 41.2. The second-order valence-electron chi connectivity index (χ2n) is 17.4. The van der Waals surface area contributed by atoms with Gasteiger partial charge in [0.2, 0.25) is 0 Å². The number of halogens is 3. The summed E-state index contributed by atoms with van der Waals surface area (Å²) in [5, 5.41) is 11.6. The van der Waals surface area contributed by atoms with Crippen LogP contribution >= 0.6 is 0 Å². The first kappa shape index (κ1) is 39.4. The van der Waals surface area contributed by atoms with Crippen LogP contribution in [0, 0.1) is 11.3 Å². The minimum absolute atomic E-state index is 0.164. The summed E-state index contributed by atoms with van der Waals surface area (Å²) in [5.74, 6) is 2.51. The Morgan fingerprint density at radius 1 is 0.632 bits per heavy atom. The molecule has 6 nitrogen and oxygen atoms in total. The standard InChI is InChI=1S/C48H46F3N5O/c1-26(2)36-22-31(43-54-44(46(5,6)7)56-45(55-43)47(8,9)10)23-37(27(3)4)40(36)29-20-21-53-38(24-29)35-13-11-12-33-34-19-16-30(25-52)39(42(34)57-41(33)35)28-14-17-32(18-15-28)48(49,50)51/h11-24,26-27H,1-10H3. The molecule has 57 heavy (non-hydrogen) atoms. The molecule has 9 heteroatoms. The van der Waals surface area contributed by atoms with E-state index in [2.05, 4.69) is 93.5 Å². The first-order valence-corrected chi connectivity index (χ1v) is 19.2. The first-order valence-electron chi connectivity index (χ1n) is 19.2. The Morgan fingerprint density at radius 2 is 1.23 bits per heavy atom. The predicted octanol–water partition coefficient (Wildman–Crippen LogP) is 13.6. The number of nitrogens with zero attached hydrogens (tertiary/aromatic N) is 5. The average Bonchev–Trinajstić information content (AvgIpc) is 3.54. The van der Waals surface area contributed by atoms with Gasteiger partial charge in [-0.3, -0.25) is 4.98 Å². The van der Waals surface area contributed by atoms with Gasteiger partial charge < -0.3 is 4.42 Å². The Balaban J connectivity index is 1.40. The van der Waals surface area contributed by atoms with Crippen LogP contribution in [0.15, 0.2) is 89.5 Å². The number of aromatic nitrogens is 4. The summed E-state index contributed by atoms with van der Waals surface area (Å²) in [5.41, 5.74) is 7.77. The van der Waals surface area contributed by atoms with E-state index in [9.17, 15) is 18.4 Å². The molecule has 0 N–H and O–H groups in total. The molecule has 290 valence electrons. The lowest BCUT2D eigenvalue weighted by atomic mass is 9.83. The molecule has 3 heterocycles. The minimum atomic E-state index is -4.48. The van der Waals surface area contributed by atoms with Gasteiger partial charge in [0.25, 0.3) is 0 Å². The highest BCUT2D eigenvalue weighted by Crippen LogP contribution is 2.44. The summed E-state index contributed by atoms with van der Waals surface area (Å²) in [6.07, 6.45) is -2.67. The number of furan rings is 1. The van der Waals surface area contributed by atoms with Crippen molar-refractivity contribution in [2.75, 3.05) is 0 Å². The molecule has 0 saturated carbocycles. The van der Waals surface area contributed by atoms with Crippen molar-refractivity contribution in [3.05, 3.63) is 119 Å². The summed E-state index contributed by atoms with van der Waals surface area (Å²) >= 11 is 0. The highest BCUT2D eigenvalue weighted by Gasteiger charge is 2.31. The molecule has 7 aromatic rings. The number of hydrogen-bond donors (Lipinski definition) is 0. The topological polar surface area (TPSA) is 88.5 Å². The van der Waals surface area contributed by atoms with Gasteiger partial charge in [0.1, 0.15) is 22.8 Å². The van der Waals surface area contributed by atoms with Crippen LogP contribution in [-0.4, -0.2) is 19.9 Å². The second-order valence-corrected chi connectivity index (χ2v) is 17.4. The molecule has 0 unspecified atom stereocenters. The molecule has 0 amide bonds. The molecule has 4 aromatic carbocycles. The number of nitriles is 1. The molecule has 0 atom stereocenters. The lowest BCUT2D eigenvalue weighted by Gasteiger charge is -2.24. The van der Waals surface area contributed by atoms with E-state index in [0.717, 1.165) is 67.9 Å². The molecule has 0 radical (unpaired) electrons. The van der Waals surface area contributed by atoms with Crippen molar-refractivity contribution in [2.45, 2.75) is 98.1 Å². The Morgan fingerprint density at radius 3 is 1.77 bits per heavy atom. The molecular formula is C48H46F3N5O. The molecule has 3 aromatic heterocycles. The summed E-state index contributed by atoms with van der Waals surface area (Å²) in [4.78, 5) is 19.8. The molecular weight excluding hydrogens is 720 g/mol. The summed E-state index contributed by atoms with van der Waals surface area (Å²) in [6, 6.07) is 24.9. The van der Waals surface area contributed by atoms with Gasteiger partial charge in [-0.1, -0.05) is 93.5 Å². The maximum Gasteiger partial charge on any atom is 0.416 e. The fourth-order valence-electron chi connectivity index (χ4n) is 7.24. The third-order valence-corrected chi connectivity index (χ3v) is 10.3. The molecule has 0 bridgehead atoms. The molecule has 0 spiro atoms. The Kier molecular flexibility index (Phi) is 9.84. The SMILES string of the molecule is CC(C)c1cc(-c2nc(C(C)(C)C)nc(C(C)(C)C)n2)cc(C(C)C)c1-c1ccnc(-c2cccc3c2oc2c(-c4ccc(C(F)(F)F)cc4)c(C#N)ccc23)c1. The van der Waals surface area contributed by atoms with Crippen molar-refractivity contribution < 1.29 is 17.6 Å². The normalized spacial score (nSPS) is 12.6. The summed E-state index contributed by atoms with van der Waals surface area (Å²) in [7, 11) is 0. The van der Waals surface area contributed by atoms with Gasteiger partial charge in [0, 0.05) is 44.5 Å². The summed E-state index contributed by atoms with van der Waals surface area (Å²) in [6.45, 7) is 21.5. The van der Waals surface area contributed by atoms with Gasteiger partial charge in [-0.05, 0) is 94.3 Å². The molecule has 0 fully saturated rings. The Hall–Kier alpha value is -5.88. The van der Waals surface area contributed by atoms with Crippen LogP contribution < -0.4 is 0 Å². The van der Waals surface area contributed by atoms with Gasteiger partial charge in [0.05, 0.1) is 22.9 Å². The minimum Gasteiger partial charge on any atom is -0.455 e. The largest absolute Gasteiger partial charge is 0.455 e. The average molecular weight is 766 g/mol. The quantitative estimate of drug-likeness (QED) is 0.167. The molecule has 0 aliphatic heterocycles. The number of alkyl halides is 3. The van der Waals surface area contributed by atoms with Crippen LogP contribution in [0.5, 0.6) is 0 Å². The highest BCUT2D eigenvalue weighted by atomic mass is 19.4. The number of para-hydroxylation sites is 1. The second kappa shape index (κ2) is 14.3. The van der Waals surface area contributed by atoms with Gasteiger partial charge in [-0.2, -0.15) is 18.4 Å². The van der Waals surface area contributed by atoms with Crippen molar-refractivity contribution in [3.63, 3.8) is 0 Å². The van der Waals surface area contributed by atoms with E-state index in [1.54, 1.807) is 6.07 Å². The van der Waals surface area contributed by atoms with Gasteiger partial charge in [-0.15, -0.1) is 0 Å². The maximum atomic E-state index is 13.4. The zero-order valence-corrected chi connectivity index (χ0v) is 34.0. The van der Waals surface area contributed by atoms with Crippen molar-refractivity contribution in [3.8, 4) is 51.0 Å². The van der Waals surface area contributed by atoms with E-state index in [-0.39, 0.29) is 22.7 Å². The van der Waals surface area contributed by atoms with E-state index >= 15 is 0 Å². The number of benzene rings is 4. The monoisotopic (exact) mass is 765 g/mol.